The zero-order valence-corrected chi connectivity index (χ0v) is 12.2. The van der Waals surface area contributed by atoms with Gasteiger partial charge < -0.3 is 5.73 Å². The molecule has 3 heterocycles. The summed E-state index contributed by atoms with van der Waals surface area (Å²) in [5.74, 6) is 1.15. The smallest absolute Gasteiger partial charge is 0.172 e. The lowest BCUT2D eigenvalue weighted by Gasteiger charge is -2.02. The maximum absolute atomic E-state index is 5.91. The van der Waals surface area contributed by atoms with Crippen LogP contribution in [0.25, 0.3) is 22.0 Å². The second-order valence-corrected chi connectivity index (χ2v) is 5.69. The first-order valence-electron chi connectivity index (χ1n) is 6.38. The molecule has 0 fully saturated rings. The summed E-state index contributed by atoms with van der Waals surface area (Å²) in [6, 6.07) is 5.93. The molecular formula is C14H15N5S. The van der Waals surface area contributed by atoms with Crippen LogP contribution in [0, 0.1) is 0 Å². The Balaban J connectivity index is 2.06. The maximum atomic E-state index is 5.91. The largest absolute Gasteiger partial charge is 0.384 e. The second kappa shape index (κ2) is 5.05. The molecule has 0 unspecified atom stereocenters. The fourth-order valence-electron chi connectivity index (χ4n) is 1.97. The van der Waals surface area contributed by atoms with Crippen molar-refractivity contribution in [2.45, 2.75) is 13.3 Å². The monoisotopic (exact) mass is 285 g/mol. The highest BCUT2D eigenvalue weighted by Gasteiger charge is 2.10. The van der Waals surface area contributed by atoms with Gasteiger partial charge in [-0.3, -0.25) is 4.68 Å². The quantitative estimate of drug-likeness (QED) is 0.803. The molecule has 6 heteroatoms. The van der Waals surface area contributed by atoms with Crippen LogP contribution in [0.4, 0.5) is 5.82 Å². The lowest BCUT2D eigenvalue weighted by atomic mass is 10.2. The lowest BCUT2D eigenvalue weighted by Crippen LogP contribution is -1.96. The van der Waals surface area contributed by atoms with E-state index < -0.39 is 0 Å². The molecule has 0 atom stereocenters. The van der Waals surface area contributed by atoms with Crippen LogP contribution in [0.1, 0.15) is 11.8 Å². The van der Waals surface area contributed by atoms with Crippen LogP contribution in [-0.4, -0.2) is 19.7 Å². The molecule has 102 valence electrons. The summed E-state index contributed by atoms with van der Waals surface area (Å²) in [4.78, 5) is 11.3. The van der Waals surface area contributed by atoms with Crippen molar-refractivity contribution in [3.8, 4) is 22.0 Å². The van der Waals surface area contributed by atoms with Gasteiger partial charge in [-0.25, -0.2) is 9.97 Å². The zero-order chi connectivity index (χ0) is 14.1. The number of anilines is 1. The number of aryl methyl sites for hydroxylation is 2. The van der Waals surface area contributed by atoms with Gasteiger partial charge in [0.2, 0.25) is 0 Å². The van der Waals surface area contributed by atoms with Gasteiger partial charge in [0.15, 0.2) is 5.82 Å². The summed E-state index contributed by atoms with van der Waals surface area (Å²) in [6.45, 7) is 2.14. The van der Waals surface area contributed by atoms with E-state index in [-0.39, 0.29) is 0 Å². The van der Waals surface area contributed by atoms with E-state index in [0.717, 1.165) is 22.6 Å². The number of hydrogen-bond donors (Lipinski definition) is 1. The number of nitrogens with two attached hydrogens (primary N) is 1. The van der Waals surface area contributed by atoms with Crippen LogP contribution < -0.4 is 5.73 Å². The van der Waals surface area contributed by atoms with Gasteiger partial charge in [0.1, 0.15) is 5.82 Å². The van der Waals surface area contributed by atoms with E-state index in [4.69, 9.17) is 5.73 Å². The van der Waals surface area contributed by atoms with Crippen molar-refractivity contribution < 1.29 is 0 Å². The lowest BCUT2D eigenvalue weighted by molar-refractivity contribution is 0.768. The van der Waals surface area contributed by atoms with E-state index in [1.807, 2.05) is 19.3 Å². The molecule has 3 rings (SSSR count). The Kier molecular flexibility index (Phi) is 3.23. The first kappa shape index (κ1) is 12.8. The Hall–Kier alpha value is -2.21. The molecule has 0 aliphatic carbocycles. The number of nitrogen functional groups attached to an aromatic ring is 1. The minimum Gasteiger partial charge on any atom is -0.384 e. The van der Waals surface area contributed by atoms with Crippen molar-refractivity contribution in [3.05, 3.63) is 35.5 Å². The summed E-state index contributed by atoms with van der Waals surface area (Å²) < 4.78 is 1.74. The molecule has 0 bridgehead atoms. The summed E-state index contributed by atoms with van der Waals surface area (Å²) >= 11 is 1.70. The average Bonchev–Trinajstić information content (AvgIpc) is 3.06. The predicted octanol–water partition coefficient (Wildman–Crippen LogP) is 2.75. The van der Waals surface area contributed by atoms with Gasteiger partial charge in [-0.2, -0.15) is 5.10 Å². The summed E-state index contributed by atoms with van der Waals surface area (Å²) in [6.07, 6.45) is 4.71. The minimum atomic E-state index is 0.473. The normalized spacial score (nSPS) is 10.9. The van der Waals surface area contributed by atoms with Gasteiger partial charge in [0, 0.05) is 29.8 Å². The highest BCUT2D eigenvalue weighted by molar-refractivity contribution is 7.15. The molecule has 5 nitrogen and oxygen atoms in total. The number of hydrogen-bond acceptors (Lipinski definition) is 5. The molecule has 0 saturated heterocycles. The molecule has 0 aliphatic heterocycles. The minimum absolute atomic E-state index is 0.473. The summed E-state index contributed by atoms with van der Waals surface area (Å²) in [5, 5.41) is 4.16. The van der Waals surface area contributed by atoms with Gasteiger partial charge in [-0.1, -0.05) is 6.92 Å². The molecule has 0 aliphatic rings. The van der Waals surface area contributed by atoms with Crippen LogP contribution in [0.15, 0.2) is 30.6 Å². The van der Waals surface area contributed by atoms with Crippen LogP contribution in [0.5, 0.6) is 0 Å². The molecule has 3 aromatic heterocycles. The van der Waals surface area contributed by atoms with Crippen LogP contribution >= 0.6 is 11.3 Å². The molecule has 0 saturated carbocycles. The Bertz CT molecular complexity index is 744. The number of rotatable bonds is 3. The van der Waals surface area contributed by atoms with E-state index in [1.165, 1.54) is 4.88 Å². The Morgan fingerprint density at radius 3 is 2.80 bits per heavy atom. The zero-order valence-electron chi connectivity index (χ0n) is 11.4. The molecule has 2 N–H and O–H groups in total. The van der Waals surface area contributed by atoms with Gasteiger partial charge in [-0.05, 0) is 18.6 Å². The Morgan fingerprint density at radius 2 is 2.15 bits per heavy atom. The maximum Gasteiger partial charge on any atom is 0.172 e. The van der Waals surface area contributed by atoms with Gasteiger partial charge in [0.05, 0.1) is 16.8 Å². The van der Waals surface area contributed by atoms with E-state index in [0.29, 0.717) is 11.6 Å². The molecule has 0 radical (unpaired) electrons. The second-order valence-electron chi connectivity index (χ2n) is 4.52. The molecule has 0 spiro atoms. The number of aromatic nitrogens is 4. The highest BCUT2D eigenvalue weighted by Crippen LogP contribution is 2.28. The Labute approximate surface area is 121 Å². The van der Waals surface area contributed by atoms with Crippen molar-refractivity contribution in [3.63, 3.8) is 0 Å². The van der Waals surface area contributed by atoms with Crippen molar-refractivity contribution in [2.75, 3.05) is 5.73 Å². The first-order chi connectivity index (χ1) is 9.65. The number of nitrogens with zero attached hydrogens (tertiary/aromatic N) is 4. The predicted molar refractivity (Wildman–Crippen MR) is 81.3 cm³/mol. The third-order valence-electron chi connectivity index (χ3n) is 2.98. The average molecular weight is 285 g/mol. The summed E-state index contributed by atoms with van der Waals surface area (Å²) in [7, 11) is 1.88. The van der Waals surface area contributed by atoms with E-state index >= 15 is 0 Å². The van der Waals surface area contributed by atoms with Crippen molar-refractivity contribution in [1.29, 1.82) is 0 Å². The van der Waals surface area contributed by atoms with E-state index in [9.17, 15) is 0 Å². The standard InChI is InChI=1S/C14H15N5S/c1-3-10-4-5-12(20-10)14-17-11(6-13(15)18-14)9-7-16-19(2)8-9/h4-8H,3H2,1-2H3,(H2,15,17,18). The van der Waals surface area contributed by atoms with Crippen molar-refractivity contribution >= 4 is 17.2 Å². The fraction of sp³-hybridized carbons (Fsp3) is 0.214. The molecular weight excluding hydrogens is 270 g/mol. The van der Waals surface area contributed by atoms with Crippen LogP contribution in [0.2, 0.25) is 0 Å². The van der Waals surface area contributed by atoms with Crippen LogP contribution in [-0.2, 0) is 13.5 Å². The van der Waals surface area contributed by atoms with Gasteiger partial charge in [0.25, 0.3) is 0 Å². The molecule has 0 aromatic carbocycles. The van der Waals surface area contributed by atoms with E-state index in [1.54, 1.807) is 28.3 Å². The molecule has 3 aromatic rings. The van der Waals surface area contributed by atoms with Crippen molar-refractivity contribution in [1.82, 2.24) is 19.7 Å². The SMILES string of the molecule is CCc1ccc(-c2nc(N)cc(-c3cnn(C)c3)n2)s1. The molecule has 20 heavy (non-hydrogen) atoms. The highest BCUT2D eigenvalue weighted by atomic mass is 32.1. The van der Waals surface area contributed by atoms with Crippen molar-refractivity contribution in [2.24, 2.45) is 7.05 Å². The van der Waals surface area contributed by atoms with Gasteiger partial charge >= 0.3 is 0 Å². The van der Waals surface area contributed by atoms with Crippen LogP contribution in [0.3, 0.4) is 0 Å². The third-order valence-corrected chi connectivity index (χ3v) is 4.20. The first-order valence-corrected chi connectivity index (χ1v) is 7.20. The number of thiophene rings is 1. The molecule has 0 amide bonds. The van der Waals surface area contributed by atoms with Gasteiger partial charge in [-0.15, -0.1) is 11.3 Å². The van der Waals surface area contributed by atoms with E-state index in [2.05, 4.69) is 28.1 Å². The fourth-order valence-corrected chi connectivity index (χ4v) is 2.85. The Morgan fingerprint density at radius 1 is 1.30 bits per heavy atom. The topological polar surface area (TPSA) is 69.6 Å². The third kappa shape index (κ3) is 2.42. The summed E-state index contributed by atoms with van der Waals surface area (Å²) in [5.41, 5.74) is 7.64.